The summed E-state index contributed by atoms with van der Waals surface area (Å²) in [6.45, 7) is 11.3. The monoisotopic (exact) mass is 278 g/mol. The molecule has 20 heavy (non-hydrogen) atoms. The summed E-state index contributed by atoms with van der Waals surface area (Å²) in [7, 11) is 0. The van der Waals surface area contributed by atoms with Gasteiger partial charge in [-0.05, 0) is 68.9 Å². The second kappa shape index (κ2) is 5.96. The molecule has 0 aromatic heterocycles. The summed E-state index contributed by atoms with van der Waals surface area (Å²) in [6.07, 6.45) is 10.0. The summed E-state index contributed by atoms with van der Waals surface area (Å²) in [5.41, 5.74) is 0.504. The number of piperidine rings is 3. The Morgan fingerprint density at radius 2 is 1.65 bits per heavy atom. The normalized spacial score (nSPS) is 42.5. The van der Waals surface area contributed by atoms with E-state index in [-0.39, 0.29) is 0 Å². The summed E-state index contributed by atoms with van der Waals surface area (Å²) >= 11 is 0. The second-order valence-electron chi connectivity index (χ2n) is 8.68. The van der Waals surface area contributed by atoms with Crippen LogP contribution in [0.5, 0.6) is 0 Å². The molecule has 116 valence electrons. The van der Waals surface area contributed by atoms with Crippen LogP contribution in [0.3, 0.4) is 0 Å². The summed E-state index contributed by atoms with van der Waals surface area (Å²) in [6, 6.07) is 1.60. The zero-order valence-electron chi connectivity index (χ0n) is 13.8. The van der Waals surface area contributed by atoms with Gasteiger partial charge >= 0.3 is 0 Å². The van der Waals surface area contributed by atoms with Crippen LogP contribution >= 0.6 is 0 Å². The van der Waals surface area contributed by atoms with Crippen LogP contribution in [0.4, 0.5) is 0 Å². The molecule has 2 heteroatoms. The highest BCUT2D eigenvalue weighted by Gasteiger charge is 2.35. The van der Waals surface area contributed by atoms with Gasteiger partial charge < -0.3 is 10.2 Å². The lowest BCUT2D eigenvalue weighted by atomic mass is 9.76. The summed E-state index contributed by atoms with van der Waals surface area (Å²) in [5, 5.41) is 4.06. The Morgan fingerprint density at radius 3 is 2.25 bits per heavy atom. The fourth-order valence-corrected chi connectivity index (χ4v) is 4.79. The predicted octanol–water partition coefficient (Wildman–Crippen LogP) is 3.67. The van der Waals surface area contributed by atoms with Gasteiger partial charge in [-0.25, -0.2) is 0 Å². The second-order valence-corrected chi connectivity index (χ2v) is 8.68. The Labute approximate surface area is 125 Å². The van der Waals surface area contributed by atoms with Gasteiger partial charge in [-0.2, -0.15) is 0 Å². The van der Waals surface area contributed by atoms with Crippen molar-refractivity contribution in [3.8, 4) is 0 Å². The van der Waals surface area contributed by atoms with Crippen molar-refractivity contribution in [3.05, 3.63) is 0 Å². The number of nitrogens with one attached hydrogen (secondary N) is 1. The Bertz CT molecular complexity index is 312. The molecule has 0 radical (unpaired) electrons. The van der Waals surface area contributed by atoms with Gasteiger partial charge in [0.05, 0.1) is 0 Å². The highest BCUT2D eigenvalue weighted by molar-refractivity contribution is 4.93. The predicted molar refractivity (Wildman–Crippen MR) is 85.9 cm³/mol. The minimum Gasteiger partial charge on any atom is -0.310 e. The zero-order valence-corrected chi connectivity index (χ0v) is 13.8. The van der Waals surface area contributed by atoms with Crippen LogP contribution in [-0.4, -0.2) is 36.6 Å². The maximum Gasteiger partial charge on any atom is 0.0226 e. The van der Waals surface area contributed by atoms with E-state index in [1.165, 1.54) is 64.6 Å². The molecule has 1 saturated carbocycles. The third-order valence-electron chi connectivity index (χ3n) is 6.30. The van der Waals surface area contributed by atoms with E-state index in [1.54, 1.807) is 0 Å². The van der Waals surface area contributed by atoms with E-state index in [0.29, 0.717) is 5.41 Å². The maximum atomic E-state index is 4.06. The lowest BCUT2D eigenvalue weighted by molar-refractivity contribution is 0.0656. The van der Waals surface area contributed by atoms with Crippen molar-refractivity contribution in [3.63, 3.8) is 0 Å². The van der Waals surface area contributed by atoms with Crippen LogP contribution in [0.25, 0.3) is 0 Å². The molecule has 1 N–H and O–H groups in total. The Kier molecular flexibility index (Phi) is 4.42. The van der Waals surface area contributed by atoms with Crippen molar-refractivity contribution in [1.29, 1.82) is 0 Å². The first-order valence-electron chi connectivity index (χ1n) is 9.01. The molecule has 3 unspecified atom stereocenters. The van der Waals surface area contributed by atoms with Gasteiger partial charge in [0.1, 0.15) is 0 Å². The summed E-state index contributed by atoms with van der Waals surface area (Å²) in [5.74, 6) is 1.91. The van der Waals surface area contributed by atoms with Crippen LogP contribution in [0.1, 0.15) is 65.7 Å². The van der Waals surface area contributed by atoms with Gasteiger partial charge in [-0.1, -0.05) is 27.2 Å². The third-order valence-corrected chi connectivity index (χ3v) is 6.30. The minimum absolute atomic E-state index is 0.504. The minimum atomic E-state index is 0.504. The highest BCUT2D eigenvalue weighted by Crippen LogP contribution is 2.37. The Hall–Kier alpha value is -0.0800. The van der Waals surface area contributed by atoms with E-state index in [2.05, 4.69) is 31.0 Å². The van der Waals surface area contributed by atoms with Gasteiger partial charge in [-0.15, -0.1) is 0 Å². The maximum absolute atomic E-state index is 4.06. The van der Waals surface area contributed by atoms with Crippen molar-refractivity contribution in [2.75, 3.05) is 19.6 Å². The molecule has 4 rings (SSSR count). The molecular weight excluding hydrogens is 244 g/mol. The molecule has 2 nitrogen and oxygen atoms in total. The van der Waals surface area contributed by atoms with E-state index in [0.717, 1.165) is 23.9 Å². The fourth-order valence-electron chi connectivity index (χ4n) is 4.79. The molecule has 0 amide bonds. The Balaban J connectivity index is 1.51. The smallest absolute Gasteiger partial charge is 0.0226 e. The standard InChI is InChI=1S/C18H34N2/c1-18(2,3)15-5-4-6-16(8-7-15)19-17-13-20-11-9-14(17)10-12-20/h14-17,19H,4-13H2,1-3H3. The molecule has 1 aliphatic carbocycles. The number of rotatable bonds is 2. The van der Waals surface area contributed by atoms with Gasteiger partial charge in [0.2, 0.25) is 0 Å². The fraction of sp³-hybridized carbons (Fsp3) is 1.00. The molecule has 3 aliphatic heterocycles. The lowest BCUT2D eigenvalue weighted by Crippen LogP contribution is -2.58. The van der Waals surface area contributed by atoms with Crippen LogP contribution in [-0.2, 0) is 0 Å². The average Bonchev–Trinajstić information content (AvgIpc) is 2.65. The van der Waals surface area contributed by atoms with Gasteiger partial charge in [0, 0.05) is 18.6 Å². The first-order valence-corrected chi connectivity index (χ1v) is 9.01. The summed E-state index contributed by atoms with van der Waals surface area (Å²) < 4.78 is 0. The molecule has 4 fully saturated rings. The van der Waals surface area contributed by atoms with Crippen molar-refractivity contribution in [2.45, 2.75) is 77.8 Å². The molecule has 2 bridgehead atoms. The van der Waals surface area contributed by atoms with Crippen molar-refractivity contribution < 1.29 is 0 Å². The van der Waals surface area contributed by atoms with E-state index in [9.17, 15) is 0 Å². The molecule has 0 aromatic carbocycles. The van der Waals surface area contributed by atoms with Crippen LogP contribution in [0, 0.1) is 17.3 Å². The third kappa shape index (κ3) is 3.39. The molecular formula is C18H34N2. The van der Waals surface area contributed by atoms with Gasteiger partial charge in [-0.3, -0.25) is 0 Å². The summed E-state index contributed by atoms with van der Waals surface area (Å²) in [4.78, 5) is 2.67. The number of hydrogen-bond donors (Lipinski definition) is 1. The largest absolute Gasteiger partial charge is 0.310 e. The van der Waals surface area contributed by atoms with Crippen molar-refractivity contribution >= 4 is 0 Å². The Morgan fingerprint density at radius 1 is 0.900 bits per heavy atom. The van der Waals surface area contributed by atoms with Gasteiger partial charge in [0.25, 0.3) is 0 Å². The van der Waals surface area contributed by atoms with Crippen LogP contribution < -0.4 is 5.32 Å². The molecule has 0 aromatic rings. The molecule has 3 atom stereocenters. The van der Waals surface area contributed by atoms with E-state index in [1.807, 2.05) is 0 Å². The van der Waals surface area contributed by atoms with Crippen LogP contribution in [0.15, 0.2) is 0 Å². The van der Waals surface area contributed by atoms with Crippen LogP contribution in [0.2, 0.25) is 0 Å². The van der Waals surface area contributed by atoms with Crippen molar-refractivity contribution in [2.24, 2.45) is 17.3 Å². The van der Waals surface area contributed by atoms with E-state index in [4.69, 9.17) is 0 Å². The molecule has 4 aliphatic rings. The topological polar surface area (TPSA) is 15.3 Å². The quantitative estimate of drug-likeness (QED) is 0.775. The number of nitrogens with zero attached hydrogens (tertiary/aromatic N) is 1. The first-order chi connectivity index (χ1) is 9.52. The lowest BCUT2D eigenvalue weighted by Gasteiger charge is -2.46. The zero-order chi connectivity index (χ0) is 14.2. The molecule has 3 saturated heterocycles. The van der Waals surface area contributed by atoms with Gasteiger partial charge in [0.15, 0.2) is 0 Å². The average molecular weight is 278 g/mol. The molecule has 3 heterocycles. The first kappa shape index (κ1) is 14.8. The van der Waals surface area contributed by atoms with E-state index >= 15 is 0 Å². The number of hydrogen-bond acceptors (Lipinski definition) is 2. The van der Waals surface area contributed by atoms with E-state index < -0.39 is 0 Å². The highest BCUT2D eigenvalue weighted by atomic mass is 15.2. The SMILES string of the molecule is CC(C)(C)C1CCCC(NC2CN3CCC2CC3)CC1. The number of fused-ring (bicyclic) bond motifs is 3. The molecule has 0 spiro atoms. The van der Waals surface area contributed by atoms with Crippen molar-refractivity contribution in [1.82, 2.24) is 10.2 Å².